The fourth-order valence-electron chi connectivity index (χ4n) is 4.18. The number of nitrogen functional groups attached to an aromatic ring is 1. The number of unbranched alkanes of at least 4 members (excludes halogenated alkanes) is 2. The summed E-state index contributed by atoms with van der Waals surface area (Å²) in [5, 5.41) is 19.1. The first kappa shape index (κ1) is 24.9. The molecule has 0 spiro atoms. The molecule has 4 rings (SSSR count). The number of hydrogen-bond donors (Lipinski definition) is 4. The van der Waals surface area contributed by atoms with Crippen molar-refractivity contribution in [2.75, 3.05) is 12.3 Å². The van der Waals surface area contributed by atoms with Crippen LogP contribution in [0.1, 0.15) is 66.3 Å². The molecule has 2 aromatic carbocycles. The van der Waals surface area contributed by atoms with Crippen molar-refractivity contribution in [1.29, 1.82) is 0 Å². The van der Waals surface area contributed by atoms with Gasteiger partial charge in [-0.15, -0.1) is 0 Å². The van der Waals surface area contributed by atoms with Crippen molar-refractivity contribution >= 4 is 29.6 Å². The maximum atomic E-state index is 12.4. The van der Waals surface area contributed by atoms with Crippen molar-refractivity contribution < 1.29 is 29.4 Å². The molecule has 0 radical (unpaired) electrons. The highest BCUT2D eigenvalue weighted by Crippen LogP contribution is 2.29. The number of imide groups is 1. The van der Waals surface area contributed by atoms with E-state index in [0.717, 1.165) is 0 Å². The van der Waals surface area contributed by atoms with Crippen LogP contribution >= 0.6 is 0 Å². The van der Waals surface area contributed by atoms with Crippen molar-refractivity contribution in [3.8, 4) is 23.0 Å². The molecule has 37 heavy (non-hydrogen) atoms. The maximum absolute atomic E-state index is 12.4. The van der Waals surface area contributed by atoms with E-state index < -0.39 is 34.4 Å². The number of hydrogen-bond acceptors (Lipinski definition) is 6. The number of anilines is 1. The van der Waals surface area contributed by atoms with E-state index in [4.69, 9.17) is 5.73 Å². The van der Waals surface area contributed by atoms with Gasteiger partial charge in [0.05, 0.1) is 11.1 Å². The first-order valence-electron chi connectivity index (χ1n) is 11.3. The number of nitrogens with two attached hydrogens (primary N) is 1. The zero-order valence-electron chi connectivity index (χ0n) is 19.4. The first-order chi connectivity index (χ1) is 17.7. The van der Waals surface area contributed by atoms with E-state index in [1.54, 1.807) is 36.4 Å². The molecular formula is C27H21N3O7. The van der Waals surface area contributed by atoms with E-state index in [2.05, 4.69) is 16.8 Å². The number of amides is 2. The lowest BCUT2D eigenvalue weighted by molar-refractivity contribution is 0.0645. The Morgan fingerprint density at radius 2 is 1.54 bits per heavy atom. The number of fused-ring (bicyclic) bond motifs is 1. The number of nitrogens with zero attached hydrogens (tertiary/aromatic N) is 1. The largest absolute Gasteiger partial charge is 0.478 e. The van der Waals surface area contributed by atoms with Crippen LogP contribution in [0.4, 0.5) is 5.82 Å². The van der Waals surface area contributed by atoms with Gasteiger partial charge >= 0.3 is 11.9 Å². The fraction of sp³-hybridized carbons (Fsp3) is 0.148. The van der Waals surface area contributed by atoms with Crippen molar-refractivity contribution in [1.82, 2.24) is 9.88 Å². The number of aromatic nitrogens is 1. The summed E-state index contributed by atoms with van der Waals surface area (Å²) in [6.07, 6.45) is 1.65. The molecule has 186 valence electrons. The average molecular weight is 499 g/mol. The van der Waals surface area contributed by atoms with Crippen LogP contribution in [0.3, 0.4) is 0 Å². The highest BCUT2D eigenvalue weighted by molar-refractivity contribution is 6.21. The molecule has 0 aliphatic carbocycles. The fourth-order valence-corrected chi connectivity index (χ4v) is 4.18. The number of pyridine rings is 1. The predicted molar refractivity (Wildman–Crippen MR) is 133 cm³/mol. The number of carboxylic acid groups (broad SMARTS) is 2. The molecule has 0 atom stereocenters. The van der Waals surface area contributed by atoms with Gasteiger partial charge < -0.3 is 20.9 Å². The number of aromatic amines is 1. The lowest BCUT2D eigenvalue weighted by Gasteiger charge is -2.12. The van der Waals surface area contributed by atoms with Gasteiger partial charge in [-0.25, -0.2) is 9.59 Å². The summed E-state index contributed by atoms with van der Waals surface area (Å²) in [5.41, 5.74) is 4.58. The van der Waals surface area contributed by atoms with Gasteiger partial charge in [0.15, 0.2) is 0 Å². The molecule has 10 heteroatoms. The Bertz CT molecular complexity index is 1540. The summed E-state index contributed by atoms with van der Waals surface area (Å²) in [6.45, 7) is 0.281. The third-order valence-corrected chi connectivity index (χ3v) is 5.87. The van der Waals surface area contributed by atoms with Crippen LogP contribution in [0.25, 0.3) is 11.1 Å². The van der Waals surface area contributed by atoms with Crippen molar-refractivity contribution in [3.05, 3.63) is 86.7 Å². The van der Waals surface area contributed by atoms with Gasteiger partial charge in [-0.2, -0.15) is 0 Å². The number of aromatic carboxylic acids is 2. The summed E-state index contributed by atoms with van der Waals surface area (Å²) in [4.78, 5) is 63.9. The second-order valence-corrected chi connectivity index (χ2v) is 8.25. The SMILES string of the molecule is Nc1[nH]c(=O)c(C(=O)O)c(-c2cccc(C#CCCCCN3C(=O)c4ccccc4C3=O)c2)c1C(=O)O. The first-order valence-corrected chi connectivity index (χ1v) is 11.3. The lowest BCUT2D eigenvalue weighted by atomic mass is 9.94. The van der Waals surface area contributed by atoms with E-state index in [0.29, 0.717) is 36.0 Å². The summed E-state index contributed by atoms with van der Waals surface area (Å²) < 4.78 is 0. The molecule has 0 saturated carbocycles. The molecule has 3 aromatic rings. The molecular weight excluding hydrogens is 478 g/mol. The summed E-state index contributed by atoms with van der Waals surface area (Å²) >= 11 is 0. The van der Waals surface area contributed by atoms with Gasteiger partial charge in [-0.1, -0.05) is 36.1 Å². The van der Waals surface area contributed by atoms with E-state index >= 15 is 0 Å². The van der Waals surface area contributed by atoms with E-state index in [9.17, 15) is 34.2 Å². The molecule has 5 N–H and O–H groups in total. The highest BCUT2D eigenvalue weighted by Gasteiger charge is 2.34. The number of H-pyrrole nitrogens is 1. The van der Waals surface area contributed by atoms with Gasteiger partial charge in [0.2, 0.25) is 0 Å². The molecule has 2 heterocycles. The Hall–Kier alpha value is -5.17. The minimum absolute atomic E-state index is 0.171. The molecule has 10 nitrogen and oxygen atoms in total. The van der Waals surface area contributed by atoms with E-state index in [1.165, 1.54) is 17.0 Å². The third kappa shape index (κ3) is 4.83. The second-order valence-electron chi connectivity index (χ2n) is 8.25. The molecule has 0 bridgehead atoms. The zero-order chi connectivity index (χ0) is 26.7. The van der Waals surface area contributed by atoms with Crippen molar-refractivity contribution in [2.45, 2.75) is 19.3 Å². The van der Waals surface area contributed by atoms with Crippen LogP contribution in [0.15, 0.2) is 53.3 Å². The monoisotopic (exact) mass is 499 g/mol. The van der Waals surface area contributed by atoms with Crippen LogP contribution < -0.4 is 11.3 Å². The molecule has 0 unspecified atom stereocenters. The third-order valence-electron chi connectivity index (χ3n) is 5.87. The van der Waals surface area contributed by atoms with Gasteiger partial charge in [0, 0.05) is 24.1 Å². The molecule has 0 fully saturated rings. The standard InChI is InChI=1S/C27H21N3O7/c28-22-20(26(34)35)19(21(27(36)37)23(31)29-22)16-10-7-9-15(14-16)8-3-1-2-6-13-30-24(32)17-11-4-5-12-18(17)25(30)33/h4-5,7,9-12,14H,1-2,6,13H2,(H,34,35)(H,36,37)(H3,28,29,31). The van der Waals surface area contributed by atoms with Crippen molar-refractivity contribution in [2.24, 2.45) is 0 Å². The second kappa shape index (κ2) is 10.2. The van der Waals surface area contributed by atoms with Crippen molar-refractivity contribution in [3.63, 3.8) is 0 Å². The van der Waals surface area contributed by atoms with Crippen LogP contribution in [-0.4, -0.2) is 50.4 Å². The van der Waals surface area contributed by atoms with Crippen LogP contribution in [-0.2, 0) is 0 Å². The maximum Gasteiger partial charge on any atom is 0.342 e. The minimum atomic E-state index is -1.59. The summed E-state index contributed by atoms with van der Waals surface area (Å²) in [5.74, 6) is 1.78. The highest BCUT2D eigenvalue weighted by atomic mass is 16.4. The van der Waals surface area contributed by atoms with Gasteiger partial charge in [0.1, 0.15) is 16.9 Å². The minimum Gasteiger partial charge on any atom is -0.478 e. The summed E-state index contributed by atoms with van der Waals surface area (Å²) in [7, 11) is 0. The smallest absolute Gasteiger partial charge is 0.342 e. The number of carbonyl (C=O) groups excluding carboxylic acids is 2. The van der Waals surface area contributed by atoms with Crippen LogP contribution in [0, 0.1) is 11.8 Å². The molecule has 2 amide bonds. The van der Waals surface area contributed by atoms with Gasteiger partial charge in [-0.05, 0) is 42.7 Å². The topological polar surface area (TPSA) is 171 Å². The zero-order valence-corrected chi connectivity index (χ0v) is 19.4. The lowest BCUT2D eigenvalue weighted by Crippen LogP contribution is -2.30. The van der Waals surface area contributed by atoms with Gasteiger partial charge in [-0.3, -0.25) is 19.3 Å². The molecule has 1 aliphatic rings. The quantitative estimate of drug-likeness (QED) is 0.218. The normalized spacial score (nSPS) is 12.2. The predicted octanol–water partition coefficient (Wildman–Crippen LogP) is 2.84. The number of carboxylic acids is 2. The number of rotatable bonds is 7. The Morgan fingerprint density at radius 3 is 2.16 bits per heavy atom. The van der Waals surface area contributed by atoms with E-state index in [-0.39, 0.29) is 29.5 Å². The molecule has 1 aromatic heterocycles. The molecule has 1 aliphatic heterocycles. The Labute approximate surface area is 210 Å². The average Bonchev–Trinajstić information content (AvgIpc) is 3.10. The number of nitrogens with one attached hydrogen (secondary N) is 1. The van der Waals surface area contributed by atoms with E-state index in [1.807, 2.05) is 0 Å². The summed E-state index contributed by atoms with van der Waals surface area (Å²) in [6, 6.07) is 12.9. The van der Waals surface area contributed by atoms with Crippen LogP contribution in [0.5, 0.6) is 0 Å². The Balaban J connectivity index is 1.46. The number of benzene rings is 2. The van der Waals surface area contributed by atoms with Crippen LogP contribution in [0.2, 0.25) is 0 Å². The Morgan fingerprint density at radius 1 is 0.892 bits per heavy atom. The molecule has 0 saturated heterocycles. The number of carbonyl (C=O) groups is 4. The van der Waals surface area contributed by atoms with Gasteiger partial charge in [0.25, 0.3) is 17.4 Å². The Kier molecular flexibility index (Phi) is 6.88.